The lowest BCUT2D eigenvalue weighted by Gasteiger charge is -2.03. The Morgan fingerprint density at radius 3 is 2.54 bits per heavy atom. The van der Waals surface area contributed by atoms with Crippen LogP contribution in [0.5, 0.6) is 0 Å². The third-order valence-corrected chi connectivity index (χ3v) is 1.61. The Hall–Kier alpha value is -1.62. The summed E-state index contributed by atoms with van der Waals surface area (Å²) < 4.78 is 0. The number of nitrogens with zero attached hydrogens (tertiary/aromatic N) is 1. The molecule has 0 amide bonds. The van der Waals surface area contributed by atoms with E-state index in [4.69, 9.17) is 11.6 Å². The second-order valence-corrected chi connectivity index (χ2v) is 2.64. The number of hydrogen-bond donors (Lipinski definition) is 0. The van der Waals surface area contributed by atoms with Crippen LogP contribution in [-0.4, -0.2) is 10.9 Å². The molecule has 0 atom stereocenters. The minimum absolute atomic E-state index is 0.116. The average Bonchev–Trinajstić information content (AvgIpc) is 2.03. The number of benzene rings is 1. The molecule has 1 rings (SSSR count). The highest BCUT2D eigenvalue weighted by Crippen LogP contribution is 2.21. The number of halogens is 1. The summed E-state index contributed by atoms with van der Waals surface area (Å²) in [6, 6.07) is 3.24. The van der Waals surface area contributed by atoms with E-state index in [0.717, 1.165) is 12.1 Å². The minimum Gasteiger partial charge on any atom is -0.545 e. The zero-order valence-corrected chi connectivity index (χ0v) is 6.95. The first-order chi connectivity index (χ1) is 6.02. The smallest absolute Gasteiger partial charge is 0.278 e. The van der Waals surface area contributed by atoms with Crippen LogP contribution < -0.4 is 5.11 Å². The van der Waals surface area contributed by atoms with E-state index in [1.165, 1.54) is 6.07 Å². The summed E-state index contributed by atoms with van der Waals surface area (Å²) in [6.45, 7) is 0. The monoisotopic (exact) mass is 200 g/mol. The highest BCUT2D eigenvalue weighted by molar-refractivity contribution is 6.31. The third-order valence-electron chi connectivity index (χ3n) is 1.38. The van der Waals surface area contributed by atoms with Crippen LogP contribution in [0, 0.1) is 10.1 Å². The first kappa shape index (κ1) is 9.47. The normalized spacial score (nSPS) is 9.62. The number of rotatable bonds is 2. The Bertz CT molecular complexity index is 377. The van der Waals surface area contributed by atoms with Gasteiger partial charge >= 0.3 is 0 Å². The standard InChI is InChI=1S/C7H4ClNO4/c8-4-1-2-6(9(12)13)5(3-4)7(10)11/h1-3H,(H,10,11)/p-1. The van der Waals surface area contributed by atoms with Gasteiger partial charge in [0, 0.05) is 11.1 Å². The van der Waals surface area contributed by atoms with Gasteiger partial charge in [0.05, 0.1) is 16.5 Å². The fraction of sp³-hybridized carbons (Fsp3) is 0. The molecule has 0 N–H and O–H groups in total. The van der Waals surface area contributed by atoms with Gasteiger partial charge in [0.1, 0.15) is 0 Å². The van der Waals surface area contributed by atoms with Crippen molar-refractivity contribution in [2.75, 3.05) is 0 Å². The zero-order valence-electron chi connectivity index (χ0n) is 6.19. The lowest BCUT2D eigenvalue weighted by Crippen LogP contribution is -2.23. The van der Waals surface area contributed by atoms with Crippen molar-refractivity contribution in [3.8, 4) is 0 Å². The lowest BCUT2D eigenvalue weighted by atomic mass is 10.2. The molecular weight excluding hydrogens is 198 g/mol. The maximum absolute atomic E-state index is 10.4. The first-order valence-electron chi connectivity index (χ1n) is 3.17. The minimum atomic E-state index is -1.62. The van der Waals surface area contributed by atoms with Crippen molar-refractivity contribution in [2.45, 2.75) is 0 Å². The highest BCUT2D eigenvalue weighted by Gasteiger charge is 2.13. The topological polar surface area (TPSA) is 83.3 Å². The zero-order chi connectivity index (χ0) is 10.0. The van der Waals surface area contributed by atoms with Gasteiger partial charge in [-0.1, -0.05) is 11.6 Å². The molecule has 0 unspecified atom stereocenters. The summed E-state index contributed by atoms with van der Waals surface area (Å²) in [7, 11) is 0. The van der Waals surface area contributed by atoms with Crippen molar-refractivity contribution < 1.29 is 14.8 Å². The summed E-state index contributed by atoms with van der Waals surface area (Å²) in [5.41, 5.74) is -1.04. The number of aromatic carboxylic acids is 1. The molecule has 0 bridgehead atoms. The van der Waals surface area contributed by atoms with Gasteiger partial charge in [-0.3, -0.25) is 10.1 Å². The van der Waals surface area contributed by atoms with Gasteiger partial charge in [0.25, 0.3) is 5.69 Å². The van der Waals surface area contributed by atoms with E-state index >= 15 is 0 Å². The second-order valence-electron chi connectivity index (χ2n) is 2.21. The third kappa shape index (κ3) is 1.94. The molecule has 0 heterocycles. The molecule has 0 aliphatic carbocycles. The molecule has 0 aliphatic heterocycles. The number of carboxylic acids is 1. The number of carbonyl (C=O) groups is 1. The van der Waals surface area contributed by atoms with Crippen LogP contribution in [0.1, 0.15) is 10.4 Å². The Morgan fingerprint density at radius 1 is 1.46 bits per heavy atom. The fourth-order valence-electron chi connectivity index (χ4n) is 0.831. The molecule has 68 valence electrons. The summed E-state index contributed by atoms with van der Waals surface area (Å²) in [4.78, 5) is 19.9. The molecule has 0 spiro atoms. The van der Waals surface area contributed by atoms with Crippen molar-refractivity contribution in [3.63, 3.8) is 0 Å². The van der Waals surface area contributed by atoms with Gasteiger partial charge in [0.15, 0.2) is 0 Å². The maximum atomic E-state index is 10.4. The van der Waals surface area contributed by atoms with E-state index in [1.54, 1.807) is 0 Å². The second kappa shape index (κ2) is 3.40. The van der Waals surface area contributed by atoms with Crippen LogP contribution in [-0.2, 0) is 0 Å². The van der Waals surface area contributed by atoms with Crippen LogP contribution in [0.3, 0.4) is 0 Å². The summed E-state index contributed by atoms with van der Waals surface area (Å²) in [6.07, 6.45) is 0. The number of carbonyl (C=O) groups excluding carboxylic acids is 1. The first-order valence-corrected chi connectivity index (χ1v) is 3.55. The Labute approximate surface area is 77.7 Å². The van der Waals surface area contributed by atoms with Crippen LogP contribution >= 0.6 is 11.6 Å². The van der Waals surface area contributed by atoms with Crippen LogP contribution in [0.2, 0.25) is 5.02 Å². The van der Waals surface area contributed by atoms with Crippen molar-refractivity contribution in [1.29, 1.82) is 0 Å². The summed E-state index contributed by atoms with van der Waals surface area (Å²) >= 11 is 5.45. The Kier molecular flexibility index (Phi) is 2.48. The van der Waals surface area contributed by atoms with Crippen LogP contribution in [0.4, 0.5) is 5.69 Å². The molecular formula is C7H3ClNO4-. The molecule has 13 heavy (non-hydrogen) atoms. The van der Waals surface area contributed by atoms with Gasteiger partial charge < -0.3 is 9.90 Å². The number of nitro groups is 1. The molecule has 0 saturated heterocycles. The quantitative estimate of drug-likeness (QED) is 0.517. The Balaban J connectivity index is 3.35. The molecule has 6 heteroatoms. The van der Waals surface area contributed by atoms with Crippen LogP contribution in [0.25, 0.3) is 0 Å². The molecule has 1 aromatic rings. The predicted molar refractivity (Wildman–Crippen MR) is 42.4 cm³/mol. The molecule has 0 saturated carbocycles. The number of nitro benzene ring substituents is 1. The maximum Gasteiger partial charge on any atom is 0.278 e. The van der Waals surface area contributed by atoms with E-state index in [2.05, 4.69) is 0 Å². The molecule has 5 nitrogen and oxygen atoms in total. The van der Waals surface area contributed by atoms with E-state index in [-0.39, 0.29) is 5.02 Å². The van der Waals surface area contributed by atoms with Gasteiger partial charge in [-0.05, 0) is 12.1 Å². The molecule has 0 aliphatic rings. The van der Waals surface area contributed by atoms with E-state index in [1.807, 2.05) is 0 Å². The fourth-order valence-corrected chi connectivity index (χ4v) is 1.00. The highest BCUT2D eigenvalue weighted by atomic mass is 35.5. The van der Waals surface area contributed by atoms with Crippen molar-refractivity contribution in [2.24, 2.45) is 0 Å². The Morgan fingerprint density at radius 2 is 2.08 bits per heavy atom. The average molecular weight is 201 g/mol. The SMILES string of the molecule is O=C([O-])c1cc(Cl)ccc1[N+](=O)[O-]. The number of hydrogen-bond acceptors (Lipinski definition) is 4. The summed E-state index contributed by atoms with van der Waals surface area (Å²) in [5.74, 6) is -1.62. The number of carboxylic acid groups (broad SMARTS) is 1. The van der Waals surface area contributed by atoms with E-state index in [0.29, 0.717) is 0 Å². The van der Waals surface area contributed by atoms with Crippen molar-refractivity contribution in [3.05, 3.63) is 38.9 Å². The molecule has 0 fully saturated rings. The van der Waals surface area contributed by atoms with Crippen LogP contribution in [0.15, 0.2) is 18.2 Å². The van der Waals surface area contributed by atoms with E-state index < -0.39 is 22.1 Å². The largest absolute Gasteiger partial charge is 0.545 e. The molecule has 1 aromatic carbocycles. The molecule has 0 radical (unpaired) electrons. The molecule has 0 aromatic heterocycles. The van der Waals surface area contributed by atoms with Crippen molar-refractivity contribution >= 4 is 23.3 Å². The van der Waals surface area contributed by atoms with E-state index in [9.17, 15) is 20.0 Å². The lowest BCUT2D eigenvalue weighted by molar-refractivity contribution is -0.385. The van der Waals surface area contributed by atoms with Gasteiger partial charge in [-0.2, -0.15) is 0 Å². The predicted octanol–water partition coefficient (Wildman–Crippen LogP) is 0.612. The van der Waals surface area contributed by atoms with Crippen molar-refractivity contribution in [1.82, 2.24) is 0 Å². The van der Waals surface area contributed by atoms with Gasteiger partial charge in [0.2, 0.25) is 0 Å². The van der Waals surface area contributed by atoms with Gasteiger partial charge in [-0.15, -0.1) is 0 Å². The summed E-state index contributed by atoms with van der Waals surface area (Å²) in [5, 5.41) is 20.8. The van der Waals surface area contributed by atoms with Gasteiger partial charge in [-0.25, -0.2) is 0 Å².